The summed E-state index contributed by atoms with van der Waals surface area (Å²) >= 11 is 1.07. The van der Waals surface area contributed by atoms with Crippen LogP contribution in [0, 0.1) is 12.7 Å². The molecule has 0 bridgehead atoms. The highest BCUT2D eigenvalue weighted by Gasteiger charge is 2.19. The zero-order valence-electron chi connectivity index (χ0n) is 14.1. The van der Waals surface area contributed by atoms with Crippen LogP contribution in [0.3, 0.4) is 0 Å². The third kappa shape index (κ3) is 3.42. The molecule has 138 valence electrons. The molecule has 0 radical (unpaired) electrons. The summed E-state index contributed by atoms with van der Waals surface area (Å²) in [6.45, 7) is -1.05. The van der Waals surface area contributed by atoms with Gasteiger partial charge in [-0.2, -0.15) is 13.8 Å². The van der Waals surface area contributed by atoms with E-state index in [-0.39, 0.29) is 28.4 Å². The molecule has 0 aliphatic carbocycles. The average molecular weight is 390 g/mol. The molecule has 9 heteroatoms. The largest absolute Gasteiger partial charge is 0.338 e. The fraction of sp³-hybridized carbons (Fsp3) is 0.167. The van der Waals surface area contributed by atoms with Crippen molar-refractivity contribution in [3.05, 3.63) is 59.7 Å². The highest BCUT2D eigenvalue weighted by molar-refractivity contribution is 7.98. The third-order valence-corrected chi connectivity index (χ3v) is 4.92. The van der Waals surface area contributed by atoms with Crippen molar-refractivity contribution in [1.29, 1.82) is 0 Å². The summed E-state index contributed by atoms with van der Waals surface area (Å²) in [5.74, 6) is 0.284. The van der Waals surface area contributed by atoms with E-state index in [4.69, 9.17) is 4.52 Å². The number of para-hydroxylation sites is 2. The van der Waals surface area contributed by atoms with Crippen molar-refractivity contribution in [1.82, 2.24) is 19.7 Å². The van der Waals surface area contributed by atoms with Crippen LogP contribution in [0.25, 0.3) is 22.4 Å². The first-order valence-corrected chi connectivity index (χ1v) is 8.98. The molecule has 2 heterocycles. The minimum Gasteiger partial charge on any atom is -0.338 e. The molecular weight excluding hydrogens is 377 g/mol. The fourth-order valence-corrected chi connectivity index (χ4v) is 3.45. The van der Waals surface area contributed by atoms with Crippen molar-refractivity contribution in [2.45, 2.75) is 24.4 Å². The molecule has 0 saturated heterocycles. The standard InChI is InChI=1S/C18H13F3N4OS/c1-10-6-7-11(8-12(10)19)16-23-15(26-24-16)9-27-18-22-13-4-2-3-5-14(13)25(18)17(20)21/h2-8,17H,9H2,1H3. The van der Waals surface area contributed by atoms with Gasteiger partial charge in [-0.05, 0) is 30.7 Å². The van der Waals surface area contributed by atoms with Crippen molar-refractivity contribution in [3.8, 4) is 11.4 Å². The number of hydrogen-bond acceptors (Lipinski definition) is 5. The molecule has 4 rings (SSSR count). The Labute approximate surface area is 156 Å². The summed E-state index contributed by atoms with van der Waals surface area (Å²) in [4.78, 5) is 8.45. The number of hydrogen-bond donors (Lipinski definition) is 0. The Morgan fingerprint density at radius 1 is 1.15 bits per heavy atom. The molecule has 0 amide bonds. The van der Waals surface area contributed by atoms with Crippen molar-refractivity contribution in [3.63, 3.8) is 0 Å². The SMILES string of the molecule is Cc1ccc(-c2noc(CSc3nc4ccccc4n3C(F)F)n2)cc1F. The average Bonchev–Trinajstić information content (AvgIpc) is 3.26. The second kappa shape index (κ2) is 7.07. The van der Waals surface area contributed by atoms with Crippen LogP contribution in [0.15, 0.2) is 52.1 Å². The van der Waals surface area contributed by atoms with E-state index in [2.05, 4.69) is 15.1 Å². The van der Waals surface area contributed by atoms with Crippen LogP contribution >= 0.6 is 11.8 Å². The van der Waals surface area contributed by atoms with Crippen molar-refractivity contribution < 1.29 is 17.7 Å². The van der Waals surface area contributed by atoms with E-state index in [1.54, 1.807) is 43.3 Å². The Balaban J connectivity index is 1.56. The Kier molecular flexibility index (Phi) is 4.61. The fourth-order valence-electron chi connectivity index (χ4n) is 2.60. The summed E-state index contributed by atoms with van der Waals surface area (Å²) < 4.78 is 46.6. The van der Waals surface area contributed by atoms with Crippen molar-refractivity contribution >= 4 is 22.8 Å². The lowest BCUT2D eigenvalue weighted by Gasteiger charge is -2.05. The van der Waals surface area contributed by atoms with Gasteiger partial charge in [0.1, 0.15) is 5.82 Å². The molecule has 27 heavy (non-hydrogen) atoms. The smallest absolute Gasteiger partial charge is 0.321 e. The quantitative estimate of drug-likeness (QED) is 0.437. The van der Waals surface area contributed by atoms with Gasteiger partial charge >= 0.3 is 6.55 Å². The van der Waals surface area contributed by atoms with Crippen LogP contribution < -0.4 is 0 Å². The van der Waals surface area contributed by atoms with Crippen LogP contribution in [-0.4, -0.2) is 19.7 Å². The summed E-state index contributed by atoms with van der Waals surface area (Å²) in [5, 5.41) is 3.99. The number of fused-ring (bicyclic) bond motifs is 1. The molecule has 2 aromatic heterocycles. The van der Waals surface area contributed by atoms with E-state index in [0.717, 1.165) is 16.3 Å². The lowest BCUT2D eigenvalue weighted by Crippen LogP contribution is -2.00. The number of rotatable bonds is 5. The second-order valence-corrected chi connectivity index (χ2v) is 6.74. The number of thioether (sulfide) groups is 1. The Hall–Kier alpha value is -2.81. The highest BCUT2D eigenvalue weighted by atomic mass is 32.2. The molecule has 0 N–H and O–H groups in total. The van der Waals surface area contributed by atoms with Crippen LogP contribution in [0.4, 0.5) is 13.2 Å². The maximum Gasteiger partial charge on any atom is 0.321 e. The summed E-state index contributed by atoms with van der Waals surface area (Å²) in [6, 6.07) is 11.3. The molecular formula is C18H13F3N4OS. The van der Waals surface area contributed by atoms with Gasteiger partial charge < -0.3 is 4.52 Å². The summed E-state index contributed by atoms with van der Waals surface area (Å²) in [5.41, 5.74) is 1.85. The zero-order chi connectivity index (χ0) is 19.0. The summed E-state index contributed by atoms with van der Waals surface area (Å²) in [6.07, 6.45) is 0. The number of imidazole rings is 1. The monoisotopic (exact) mass is 390 g/mol. The van der Waals surface area contributed by atoms with Gasteiger partial charge in [-0.3, -0.25) is 4.57 Å². The van der Waals surface area contributed by atoms with Gasteiger partial charge in [-0.25, -0.2) is 9.37 Å². The van der Waals surface area contributed by atoms with Crippen LogP contribution in [0.5, 0.6) is 0 Å². The molecule has 0 unspecified atom stereocenters. The third-order valence-electron chi connectivity index (χ3n) is 3.98. The number of nitrogens with zero attached hydrogens (tertiary/aromatic N) is 4. The minimum atomic E-state index is -2.71. The van der Waals surface area contributed by atoms with Crippen LogP contribution in [-0.2, 0) is 5.75 Å². The Bertz CT molecular complexity index is 1110. The molecule has 2 aromatic carbocycles. The van der Waals surface area contributed by atoms with Gasteiger partial charge in [-0.15, -0.1) is 0 Å². The molecule has 0 atom stereocenters. The van der Waals surface area contributed by atoms with Gasteiger partial charge in [0.05, 0.1) is 16.8 Å². The van der Waals surface area contributed by atoms with E-state index in [9.17, 15) is 13.2 Å². The molecule has 5 nitrogen and oxygen atoms in total. The number of aromatic nitrogens is 4. The van der Waals surface area contributed by atoms with Crippen LogP contribution in [0.2, 0.25) is 0 Å². The Morgan fingerprint density at radius 2 is 1.96 bits per heavy atom. The topological polar surface area (TPSA) is 56.7 Å². The number of alkyl halides is 2. The van der Waals surface area contributed by atoms with Gasteiger partial charge in [-0.1, -0.05) is 41.2 Å². The van der Waals surface area contributed by atoms with Crippen molar-refractivity contribution in [2.24, 2.45) is 0 Å². The predicted molar refractivity (Wildman–Crippen MR) is 95.0 cm³/mol. The lowest BCUT2D eigenvalue weighted by molar-refractivity contribution is 0.0656. The summed E-state index contributed by atoms with van der Waals surface area (Å²) in [7, 11) is 0. The maximum absolute atomic E-state index is 13.7. The normalized spacial score (nSPS) is 11.6. The van der Waals surface area contributed by atoms with E-state index in [1.165, 1.54) is 6.07 Å². The number of aryl methyl sites for hydroxylation is 1. The van der Waals surface area contributed by atoms with E-state index < -0.39 is 6.55 Å². The predicted octanol–water partition coefficient (Wildman–Crippen LogP) is 5.22. The first-order chi connectivity index (χ1) is 13.0. The minimum absolute atomic E-state index is 0.160. The molecule has 0 spiro atoms. The van der Waals surface area contributed by atoms with Gasteiger partial charge in [0.25, 0.3) is 0 Å². The molecule has 0 aliphatic heterocycles. The molecule has 4 aromatic rings. The second-order valence-electron chi connectivity index (χ2n) is 5.80. The maximum atomic E-state index is 13.7. The van der Waals surface area contributed by atoms with Crippen LogP contribution in [0.1, 0.15) is 18.0 Å². The van der Waals surface area contributed by atoms with Gasteiger partial charge in [0.2, 0.25) is 11.7 Å². The van der Waals surface area contributed by atoms with Gasteiger partial charge in [0, 0.05) is 5.56 Å². The zero-order valence-corrected chi connectivity index (χ0v) is 14.9. The lowest BCUT2D eigenvalue weighted by atomic mass is 10.1. The van der Waals surface area contributed by atoms with Crippen molar-refractivity contribution in [2.75, 3.05) is 0 Å². The van der Waals surface area contributed by atoms with E-state index >= 15 is 0 Å². The van der Waals surface area contributed by atoms with E-state index in [0.29, 0.717) is 22.2 Å². The highest BCUT2D eigenvalue weighted by Crippen LogP contribution is 2.31. The first kappa shape index (κ1) is 17.6. The number of halogens is 3. The molecule has 0 fully saturated rings. The number of benzene rings is 2. The first-order valence-electron chi connectivity index (χ1n) is 8.00. The Morgan fingerprint density at radius 3 is 2.74 bits per heavy atom. The van der Waals surface area contributed by atoms with Gasteiger partial charge in [0.15, 0.2) is 5.16 Å². The molecule has 0 saturated carbocycles. The van der Waals surface area contributed by atoms with E-state index in [1.807, 2.05) is 0 Å². The molecule has 0 aliphatic rings.